The van der Waals surface area contributed by atoms with E-state index in [4.69, 9.17) is 6.42 Å². The number of hydrogen-bond donors (Lipinski definition) is 0. The van der Waals surface area contributed by atoms with Crippen LogP contribution in [0.25, 0.3) is 0 Å². The molecule has 32 valence electrons. The summed E-state index contributed by atoms with van der Waals surface area (Å²) in [5.41, 5.74) is 0. The summed E-state index contributed by atoms with van der Waals surface area (Å²) < 4.78 is 0. The molecule has 0 aliphatic heterocycles. The second-order valence-corrected chi connectivity index (χ2v) is 1.00. The van der Waals surface area contributed by atoms with Gasteiger partial charge in [0, 0.05) is 0 Å². The van der Waals surface area contributed by atoms with E-state index in [0.29, 0.717) is 6.42 Å². The van der Waals surface area contributed by atoms with E-state index in [1.54, 1.807) is 6.08 Å². The second-order valence-electron chi connectivity index (χ2n) is 1.00. The van der Waals surface area contributed by atoms with Gasteiger partial charge in [0.2, 0.25) is 0 Å². The van der Waals surface area contributed by atoms with Crippen LogP contribution < -0.4 is 18.9 Å². The molecule has 0 unspecified atom stereocenters. The minimum absolute atomic E-state index is 0. The van der Waals surface area contributed by atoms with Crippen LogP contribution in [0.3, 0.4) is 0 Å². The second kappa shape index (κ2) is 9.31. The summed E-state index contributed by atoms with van der Waals surface area (Å²) in [5.74, 6) is 2.25. The minimum Gasteiger partial charge on any atom is -0.694 e. The van der Waals surface area contributed by atoms with Gasteiger partial charge in [0.1, 0.15) is 0 Å². The fourth-order valence-corrected chi connectivity index (χ4v) is 0.174. The summed E-state index contributed by atoms with van der Waals surface area (Å²) in [5, 5.41) is 0. The molecule has 0 atom stereocenters. The molecule has 0 spiro atoms. The molecule has 0 saturated heterocycles. The Balaban J connectivity index is 0. The van der Waals surface area contributed by atoms with Crippen molar-refractivity contribution in [2.75, 3.05) is 0 Å². The van der Waals surface area contributed by atoms with Crippen LogP contribution in [0.15, 0.2) is 12.7 Å². The number of rotatable bonds is 2. The van der Waals surface area contributed by atoms with Gasteiger partial charge >= 0.3 is 18.9 Å². The van der Waals surface area contributed by atoms with Gasteiger partial charge in [-0.2, -0.15) is 0 Å². The first kappa shape index (κ1) is 10.0. The molecule has 1 heteroatoms. The Kier molecular flexibility index (Phi) is 13.3. The van der Waals surface area contributed by atoms with Crippen molar-refractivity contribution >= 4 is 0 Å². The van der Waals surface area contributed by atoms with Crippen LogP contribution in [0.2, 0.25) is 0 Å². The van der Waals surface area contributed by atoms with Crippen molar-refractivity contribution in [2.24, 2.45) is 0 Å². The van der Waals surface area contributed by atoms with Gasteiger partial charge in [-0.25, -0.2) is 0 Å². The zero-order valence-electron chi connectivity index (χ0n) is 4.70. The third kappa shape index (κ3) is 10.7. The number of unbranched alkanes of at least 4 members (excludes halogenated alkanes) is 1. The van der Waals surface area contributed by atoms with Crippen molar-refractivity contribution in [1.82, 2.24) is 0 Å². The molecule has 0 saturated carbocycles. The number of allylic oxidation sites excluding steroid dienone is 1. The fourth-order valence-electron chi connectivity index (χ4n) is 0.174. The molecule has 0 nitrogen and oxygen atoms in total. The Labute approximate surface area is 57.2 Å². The van der Waals surface area contributed by atoms with Crippen LogP contribution in [-0.2, 0) is 0 Å². The van der Waals surface area contributed by atoms with Crippen LogP contribution in [0, 0.1) is 12.3 Å². The molecule has 0 aromatic rings. The zero-order chi connectivity index (χ0) is 4.83. The fraction of sp³-hybridized carbons (Fsp3) is 0.333. The summed E-state index contributed by atoms with van der Waals surface area (Å²) >= 11 is 0. The summed E-state index contributed by atoms with van der Waals surface area (Å²) in [4.78, 5) is 0. The predicted octanol–water partition coefficient (Wildman–Crippen LogP) is -1.45. The van der Waals surface area contributed by atoms with Gasteiger partial charge in [-0.15, -0.1) is 6.58 Å². The van der Waals surface area contributed by atoms with Crippen LogP contribution >= 0.6 is 0 Å². The number of hydrogen-bond acceptors (Lipinski definition) is 0. The normalized spacial score (nSPS) is 5.57. The Bertz CT molecular complexity index is 68.7. The van der Waals surface area contributed by atoms with Crippen molar-refractivity contribution in [2.45, 2.75) is 12.8 Å². The minimum atomic E-state index is 0. The summed E-state index contributed by atoms with van der Waals surface area (Å²) in [6, 6.07) is 0. The van der Waals surface area contributed by atoms with Gasteiger partial charge in [0.05, 0.1) is 0 Å². The van der Waals surface area contributed by atoms with E-state index in [0.717, 1.165) is 6.42 Å². The maximum Gasteiger partial charge on any atom is 1.00 e. The van der Waals surface area contributed by atoms with Gasteiger partial charge in [-0.3, -0.25) is 0 Å². The van der Waals surface area contributed by atoms with E-state index >= 15 is 0 Å². The monoisotopic (exact) mass is 86.1 g/mol. The molecule has 0 rings (SSSR count). The van der Waals surface area contributed by atoms with E-state index in [-0.39, 0.29) is 18.9 Å². The third-order valence-electron chi connectivity index (χ3n) is 0.473. The van der Waals surface area contributed by atoms with E-state index < -0.39 is 0 Å². The van der Waals surface area contributed by atoms with Gasteiger partial charge in [0.25, 0.3) is 0 Å². The largest absolute Gasteiger partial charge is 1.00 e. The Morgan fingerprint density at radius 2 is 2.29 bits per heavy atom. The Morgan fingerprint density at radius 3 is 2.43 bits per heavy atom. The van der Waals surface area contributed by atoms with Crippen molar-refractivity contribution in [3.63, 3.8) is 0 Å². The molecule has 0 aromatic carbocycles. The van der Waals surface area contributed by atoms with Crippen molar-refractivity contribution < 1.29 is 18.9 Å². The Hall–Kier alpha value is -0.103. The summed E-state index contributed by atoms with van der Waals surface area (Å²) in [6.07, 6.45) is 9.78. The van der Waals surface area contributed by atoms with Gasteiger partial charge < -0.3 is 12.3 Å². The van der Waals surface area contributed by atoms with E-state index in [2.05, 4.69) is 12.5 Å². The maximum atomic E-state index is 6.41. The molecule has 0 bridgehead atoms. The molecular weight excluding hydrogens is 79.0 g/mol. The molecule has 7 heavy (non-hydrogen) atoms. The molecular formula is C6H7Li. The van der Waals surface area contributed by atoms with Crippen LogP contribution in [-0.4, -0.2) is 0 Å². The van der Waals surface area contributed by atoms with E-state index in [9.17, 15) is 0 Å². The zero-order valence-corrected chi connectivity index (χ0v) is 4.70. The van der Waals surface area contributed by atoms with Crippen LogP contribution in [0.5, 0.6) is 0 Å². The molecule has 0 aromatic heterocycles. The van der Waals surface area contributed by atoms with Crippen LogP contribution in [0.1, 0.15) is 12.8 Å². The Morgan fingerprint density at radius 1 is 1.71 bits per heavy atom. The third-order valence-corrected chi connectivity index (χ3v) is 0.473. The molecule has 0 aliphatic rings. The van der Waals surface area contributed by atoms with Gasteiger partial charge in [-0.1, -0.05) is 6.08 Å². The standard InChI is InChI=1S/C6H7.Li/c1-3-5-6-4-2;/h3H,1,5-6H2;/q-1;+1. The predicted molar refractivity (Wildman–Crippen MR) is 26.6 cm³/mol. The van der Waals surface area contributed by atoms with Crippen molar-refractivity contribution in [3.8, 4) is 5.92 Å². The first-order valence-electron chi connectivity index (χ1n) is 1.92. The first-order valence-corrected chi connectivity index (χ1v) is 1.92. The molecule has 0 N–H and O–H groups in total. The summed E-state index contributed by atoms with van der Waals surface area (Å²) in [7, 11) is 0. The molecule has 0 aliphatic carbocycles. The quantitative estimate of drug-likeness (QED) is 0.127. The average Bonchev–Trinajstić information content (AvgIpc) is 1.61. The smallest absolute Gasteiger partial charge is 0.694 e. The van der Waals surface area contributed by atoms with Crippen molar-refractivity contribution in [3.05, 3.63) is 19.1 Å². The summed E-state index contributed by atoms with van der Waals surface area (Å²) in [6.45, 7) is 3.47. The van der Waals surface area contributed by atoms with Gasteiger partial charge in [-0.05, 0) is 12.8 Å². The van der Waals surface area contributed by atoms with E-state index in [1.807, 2.05) is 0 Å². The van der Waals surface area contributed by atoms with Crippen molar-refractivity contribution in [1.29, 1.82) is 0 Å². The van der Waals surface area contributed by atoms with E-state index in [1.165, 1.54) is 0 Å². The van der Waals surface area contributed by atoms with Gasteiger partial charge in [0.15, 0.2) is 0 Å². The molecule has 0 fully saturated rings. The molecule has 0 amide bonds. The van der Waals surface area contributed by atoms with Crippen LogP contribution in [0.4, 0.5) is 0 Å². The molecule has 0 heterocycles. The maximum absolute atomic E-state index is 6.41. The topological polar surface area (TPSA) is 0 Å². The SMILES string of the molecule is [C-]#CCCC=C.[Li+]. The average molecular weight is 86.1 g/mol. The molecule has 0 radical (unpaired) electrons. The first-order chi connectivity index (χ1) is 2.91.